The Balaban J connectivity index is 2.56. The lowest BCUT2D eigenvalue weighted by Crippen LogP contribution is -2.40. The summed E-state index contributed by atoms with van der Waals surface area (Å²) >= 11 is 3.36. The fraction of sp³-hybridized carbons (Fsp3) is 0.312. The third-order valence-electron chi connectivity index (χ3n) is 2.95. The van der Waals surface area contributed by atoms with Crippen molar-refractivity contribution in [3.8, 4) is 0 Å². The summed E-state index contributed by atoms with van der Waals surface area (Å²) in [6.45, 7) is 6.92. The van der Waals surface area contributed by atoms with Gasteiger partial charge in [-0.15, -0.1) is 0 Å². The van der Waals surface area contributed by atoms with Crippen LogP contribution in [-0.4, -0.2) is 27.9 Å². The van der Waals surface area contributed by atoms with Gasteiger partial charge in [0.1, 0.15) is 5.60 Å². The lowest BCUT2D eigenvalue weighted by Gasteiger charge is -2.24. The van der Waals surface area contributed by atoms with Crippen LogP contribution in [0.15, 0.2) is 28.9 Å². The maximum absolute atomic E-state index is 12.2. The van der Waals surface area contributed by atoms with Crippen molar-refractivity contribution in [1.82, 2.24) is 4.98 Å². The number of carboxylic acid groups (broad SMARTS) is 1. The Morgan fingerprint density at radius 2 is 1.96 bits per heavy atom. The number of rotatable bonds is 1. The Bertz CT molecular complexity index is 783. The van der Waals surface area contributed by atoms with Crippen LogP contribution in [0.25, 0.3) is 10.8 Å². The van der Waals surface area contributed by atoms with Crippen molar-refractivity contribution in [2.24, 2.45) is 0 Å². The summed E-state index contributed by atoms with van der Waals surface area (Å²) in [5.41, 5.74) is 0.194. The van der Waals surface area contributed by atoms with Gasteiger partial charge in [-0.2, -0.15) is 4.90 Å². The number of ether oxygens (including phenoxy) is 1. The molecule has 0 radical (unpaired) electrons. The molecule has 2 amide bonds. The summed E-state index contributed by atoms with van der Waals surface area (Å²) in [6.07, 6.45) is -0.931. The minimum absolute atomic E-state index is 0.0233. The second-order valence-corrected chi connectivity index (χ2v) is 6.88. The van der Waals surface area contributed by atoms with Crippen molar-refractivity contribution in [2.45, 2.75) is 33.3 Å². The van der Waals surface area contributed by atoms with E-state index >= 15 is 0 Å². The van der Waals surface area contributed by atoms with Crippen LogP contribution < -0.4 is 4.90 Å². The summed E-state index contributed by atoms with van der Waals surface area (Å²) in [5, 5.41) is 11.0. The van der Waals surface area contributed by atoms with Crippen LogP contribution in [0.1, 0.15) is 26.3 Å². The largest absolute Gasteiger partial charge is 0.464 e. The molecule has 2 aromatic rings. The van der Waals surface area contributed by atoms with Gasteiger partial charge in [0.2, 0.25) is 0 Å². The van der Waals surface area contributed by atoms with Gasteiger partial charge in [0.25, 0.3) is 0 Å². The number of pyridine rings is 1. The van der Waals surface area contributed by atoms with E-state index in [0.29, 0.717) is 9.37 Å². The van der Waals surface area contributed by atoms with E-state index in [-0.39, 0.29) is 5.82 Å². The predicted octanol–water partition coefficient (Wildman–Crippen LogP) is 4.73. The number of nitrogens with zero attached hydrogens (tertiary/aromatic N) is 2. The predicted molar refractivity (Wildman–Crippen MR) is 90.9 cm³/mol. The summed E-state index contributed by atoms with van der Waals surface area (Å²) in [6, 6.07) is 5.70. The van der Waals surface area contributed by atoms with Crippen LogP contribution in [0.5, 0.6) is 0 Å². The Morgan fingerprint density at radius 3 is 2.52 bits per heavy atom. The SMILES string of the molecule is Cc1ccc2cnc(N(C(=O)O)C(=O)OC(C)(C)C)c(Br)c2c1. The number of aromatic nitrogens is 1. The van der Waals surface area contributed by atoms with Crippen molar-refractivity contribution >= 4 is 44.7 Å². The van der Waals surface area contributed by atoms with Gasteiger partial charge in [0.15, 0.2) is 5.82 Å². The van der Waals surface area contributed by atoms with E-state index < -0.39 is 17.8 Å². The molecule has 1 N–H and O–H groups in total. The zero-order valence-corrected chi connectivity index (χ0v) is 14.8. The number of benzene rings is 1. The van der Waals surface area contributed by atoms with Gasteiger partial charge in [-0.05, 0) is 43.6 Å². The molecular formula is C16H17BrN2O4. The number of halogens is 1. The number of fused-ring (bicyclic) bond motifs is 1. The Hall–Kier alpha value is -2.15. The molecule has 0 aliphatic carbocycles. The minimum atomic E-state index is -1.46. The molecule has 1 aromatic heterocycles. The fourth-order valence-electron chi connectivity index (χ4n) is 2.00. The number of carbonyl (C=O) groups excluding carboxylic acids is 1. The zero-order valence-electron chi connectivity index (χ0n) is 13.3. The zero-order chi connectivity index (χ0) is 17.4. The van der Waals surface area contributed by atoms with E-state index in [4.69, 9.17) is 4.74 Å². The van der Waals surface area contributed by atoms with E-state index in [0.717, 1.165) is 16.3 Å². The molecule has 2 rings (SSSR count). The third-order valence-corrected chi connectivity index (χ3v) is 3.73. The average Bonchev–Trinajstić information content (AvgIpc) is 2.40. The van der Waals surface area contributed by atoms with Crippen LogP contribution in [-0.2, 0) is 4.74 Å². The molecule has 122 valence electrons. The molecule has 0 bridgehead atoms. The first kappa shape index (κ1) is 17.2. The number of imide groups is 1. The quantitative estimate of drug-likeness (QED) is 0.773. The average molecular weight is 381 g/mol. The van der Waals surface area contributed by atoms with Crippen LogP contribution in [0, 0.1) is 6.92 Å². The monoisotopic (exact) mass is 380 g/mol. The molecule has 0 unspecified atom stereocenters. The number of anilines is 1. The molecule has 0 aliphatic rings. The normalized spacial score (nSPS) is 11.3. The standard InChI is InChI=1S/C16H17BrN2O4/c1-9-5-6-10-8-18-13(12(17)11(10)7-9)19(14(20)21)15(22)23-16(2,3)4/h5-8H,1-4H3,(H,20,21). The molecule has 7 heteroatoms. The summed E-state index contributed by atoms with van der Waals surface area (Å²) in [4.78, 5) is 28.4. The first-order valence-electron chi connectivity index (χ1n) is 6.91. The topological polar surface area (TPSA) is 79.7 Å². The number of hydrogen-bond donors (Lipinski definition) is 1. The molecule has 1 aromatic carbocycles. The first-order valence-corrected chi connectivity index (χ1v) is 7.70. The number of aryl methyl sites for hydroxylation is 1. The van der Waals surface area contributed by atoms with Gasteiger partial charge in [-0.1, -0.05) is 23.8 Å². The first-order chi connectivity index (χ1) is 10.6. The number of amides is 2. The number of hydrogen-bond acceptors (Lipinski definition) is 4. The van der Waals surface area contributed by atoms with Crippen molar-refractivity contribution < 1.29 is 19.4 Å². The van der Waals surface area contributed by atoms with Gasteiger partial charge in [0.05, 0.1) is 4.47 Å². The Morgan fingerprint density at radius 1 is 1.30 bits per heavy atom. The smallest absolute Gasteiger partial charge is 0.425 e. The second-order valence-electron chi connectivity index (χ2n) is 6.08. The molecule has 6 nitrogen and oxygen atoms in total. The summed E-state index contributed by atoms with van der Waals surface area (Å²) in [7, 11) is 0. The highest BCUT2D eigenvalue weighted by atomic mass is 79.9. The highest BCUT2D eigenvalue weighted by Crippen LogP contribution is 2.33. The maximum Gasteiger partial charge on any atom is 0.425 e. The summed E-state index contributed by atoms with van der Waals surface area (Å²) < 4.78 is 5.57. The molecule has 0 fully saturated rings. The Labute approximate surface area is 142 Å². The lowest BCUT2D eigenvalue weighted by molar-refractivity contribution is 0.0580. The van der Waals surface area contributed by atoms with Crippen molar-refractivity contribution in [2.75, 3.05) is 4.90 Å². The molecule has 0 saturated carbocycles. The molecule has 0 saturated heterocycles. The van der Waals surface area contributed by atoms with E-state index in [1.54, 1.807) is 20.8 Å². The molecule has 0 atom stereocenters. The van der Waals surface area contributed by atoms with Crippen LogP contribution in [0.4, 0.5) is 15.4 Å². The van der Waals surface area contributed by atoms with Crippen LogP contribution in [0.2, 0.25) is 0 Å². The highest BCUT2D eigenvalue weighted by Gasteiger charge is 2.31. The van der Waals surface area contributed by atoms with Gasteiger partial charge in [-0.25, -0.2) is 14.6 Å². The van der Waals surface area contributed by atoms with E-state index in [2.05, 4.69) is 20.9 Å². The van der Waals surface area contributed by atoms with Crippen LogP contribution >= 0.6 is 15.9 Å². The van der Waals surface area contributed by atoms with Crippen molar-refractivity contribution in [3.05, 3.63) is 34.4 Å². The molecular weight excluding hydrogens is 364 g/mol. The van der Waals surface area contributed by atoms with Gasteiger partial charge < -0.3 is 9.84 Å². The maximum atomic E-state index is 12.2. The second kappa shape index (κ2) is 6.16. The van der Waals surface area contributed by atoms with Crippen molar-refractivity contribution in [1.29, 1.82) is 0 Å². The molecule has 0 aliphatic heterocycles. The van der Waals surface area contributed by atoms with Crippen LogP contribution in [0.3, 0.4) is 0 Å². The van der Waals surface area contributed by atoms with E-state index in [1.165, 1.54) is 6.20 Å². The van der Waals surface area contributed by atoms with Gasteiger partial charge in [0, 0.05) is 17.0 Å². The fourth-order valence-corrected chi connectivity index (χ4v) is 2.62. The number of carbonyl (C=O) groups is 2. The lowest BCUT2D eigenvalue weighted by atomic mass is 10.1. The minimum Gasteiger partial charge on any atom is -0.464 e. The molecule has 0 spiro atoms. The van der Waals surface area contributed by atoms with E-state index in [9.17, 15) is 14.7 Å². The molecule has 23 heavy (non-hydrogen) atoms. The summed E-state index contributed by atoms with van der Waals surface area (Å²) in [5.74, 6) is -0.0233. The Kier molecular flexibility index (Phi) is 4.61. The van der Waals surface area contributed by atoms with Gasteiger partial charge in [-0.3, -0.25) is 0 Å². The van der Waals surface area contributed by atoms with E-state index in [1.807, 2.05) is 25.1 Å². The third kappa shape index (κ3) is 3.79. The van der Waals surface area contributed by atoms with Gasteiger partial charge >= 0.3 is 12.2 Å². The van der Waals surface area contributed by atoms with Crippen molar-refractivity contribution in [3.63, 3.8) is 0 Å². The highest BCUT2D eigenvalue weighted by molar-refractivity contribution is 9.10. The molecule has 1 heterocycles.